The van der Waals surface area contributed by atoms with Gasteiger partial charge in [-0.1, -0.05) is 11.6 Å². The van der Waals surface area contributed by atoms with Crippen molar-refractivity contribution in [3.05, 3.63) is 47.2 Å². The Hall–Kier alpha value is -1.66. The van der Waals surface area contributed by atoms with E-state index in [1.165, 1.54) is 4.90 Å². The van der Waals surface area contributed by atoms with Gasteiger partial charge in [0.15, 0.2) is 5.96 Å². The molecule has 0 unspecified atom stereocenters. The largest absolute Gasteiger partial charge is 0.357 e. The first kappa shape index (κ1) is 16.7. The van der Waals surface area contributed by atoms with E-state index in [-0.39, 0.29) is 0 Å². The van der Waals surface area contributed by atoms with Crippen LogP contribution in [0.5, 0.6) is 0 Å². The molecule has 0 amide bonds. The molecule has 0 spiro atoms. The molecule has 7 heteroatoms. The SMILES string of the molecule is CCNC(=NCc1ccn[nH]1)NCCSc1ccc(Cl)cc1. The third kappa shape index (κ3) is 5.99. The molecule has 5 nitrogen and oxygen atoms in total. The normalized spacial score (nSPS) is 11.5. The van der Waals surface area contributed by atoms with Crippen LogP contribution in [0, 0.1) is 0 Å². The first-order chi connectivity index (χ1) is 10.8. The second kappa shape index (κ2) is 9.38. The number of nitrogens with one attached hydrogen (secondary N) is 3. The number of aliphatic imine (C=N–C) groups is 1. The fraction of sp³-hybridized carbons (Fsp3) is 0.333. The summed E-state index contributed by atoms with van der Waals surface area (Å²) < 4.78 is 0. The number of hydrogen-bond acceptors (Lipinski definition) is 3. The number of rotatable bonds is 7. The molecule has 1 aromatic heterocycles. The molecule has 0 atom stereocenters. The summed E-state index contributed by atoms with van der Waals surface area (Å²) in [6.07, 6.45) is 1.73. The number of nitrogens with zero attached hydrogens (tertiary/aromatic N) is 2. The van der Waals surface area contributed by atoms with Crippen LogP contribution < -0.4 is 10.6 Å². The lowest BCUT2D eigenvalue weighted by molar-refractivity contribution is 0.834. The molecule has 118 valence electrons. The number of thioether (sulfide) groups is 1. The monoisotopic (exact) mass is 337 g/mol. The van der Waals surface area contributed by atoms with E-state index in [0.29, 0.717) is 6.54 Å². The Morgan fingerprint density at radius 2 is 2.09 bits per heavy atom. The molecular weight excluding hydrogens is 318 g/mol. The molecule has 0 saturated carbocycles. The average molecular weight is 338 g/mol. The zero-order valence-corrected chi connectivity index (χ0v) is 14.0. The molecule has 0 bridgehead atoms. The molecule has 0 radical (unpaired) electrons. The molecule has 0 saturated heterocycles. The summed E-state index contributed by atoms with van der Waals surface area (Å²) >= 11 is 7.66. The highest BCUT2D eigenvalue weighted by Gasteiger charge is 1.99. The number of hydrogen-bond donors (Lipinski definition) is 3. The predicted octanol–water partition coefficient (Wildman–Crippen LogP) is 2.91. The lowest BCUT2D eigenvalue weighted by atomic mass is 10.4. The summed E-state index contributed by atoms with van der Waals surface area (Å²) in [5, 5.41) is 14.1. The van der Waals surface area contributed by atoms with Gasteiger partial charge in [0.05, 0.1) is 12.2 Å². The maximum absolute atomic E-state index is 5.87. The fourth-order valence-corrected chi connectivity index (χ4v) is 2.64. The van der Waals surface area contributed by atoms with Gasteiger partial charge >= 0.3 is 0 Å². The minimum atomic E-state index is 0.583. The molecule has 1 aromatic carbocycles. The first-order valence-electron chi connectivity index (χ1n) is 7.16. The van der Waals surface area contributed by atoms with E-state index < -0.39 is 0 Å². The Morgan fingerprint density at radius 1 is 1.27 bits per heavy atom. The fourth-order valence-electron chi connectivity index (χ4n) is 1.75. The molecule has 0 fully saturated rings. The van der Waals surface area contributed by atoms with Crippen molar-refractivity contribution < 1.29 is 0 Å². The second-order valence-electron chi connectivity index (χ2n) is 4.51. The maximum Gasteiger partial charge on any atom is 0.191 e. The summed E-state index contributed by atoms with van der Waals surface area (Å²) in [4.78, 5) is 5.72. The number of guanidine groups is 1. The van der Waals surface area contributed by atoms with Crippen molar-refractivity contribution in [3.63, 3.8) is 0 Å². The Morgan fingerprint density at radius 3 is 2.77 bits per heavy atom. The Labute approximate surface area is 139 Å². The molecule has 0 aliphatic carbocycles. The zero-order chi connectivity index (χ0) is 15.6. The minimum absolute atomic E-state index is 0.583. The number of benzene rings is 1. The van der Waals surface area contributed by atoms with Crippen LogP contribution in [-0.4, -0.2) is 35.0 Å². The van der Waals surface area contributed by atoms with Gasteiger partial charge in [-0.2, -0.15) is 5.10 Å². The molecule has 0 aliphatic rings. The van der Waals surface area contributed by atoms with Crippen LogP contribution in [0.3, 0.4) is 0 Å². The lowest BCUT2D eigenvalue weighted by Crippen LogP contribution is -2.38. The van der Waals surface area contributed by atoms with Crippen molar-refractivity contribution in [1.29, 1.82) is 0 Å². The molecular formula is C15H20ClN5S. The van der Waals surface area contributed by atoms with Crippen LogP contribution in [0.2, 0.25) is 5.02 Å². The summed E-state index contributed by atoms with van der Waals surface area (Å²) in [6.45, 7) is 4.30. The summed E-state index contributed by atoms with van der Waals surface area (Å²) in [6, 6.07) is 9.80. The highest BCUT2D eigenvalue weighted by Crippen LogP contribution is 2.19. The molecule has 22 heavy (non-hydrogen) atoms. The highest BCUT2D eigenvalue weighted by atomic mass is 35.5. The molecule has 0 aliphatic heterocycles. The number of halogens is 1. The van der Waals surface area contributed by atoms with Gasteiger partial charge in [-0.15, -0.1) is 11.8 Å². The molecule has 3 N–H and O–H groups in total. The quantitative estimate of drug-likeness (QED) is 0.314. The van der Waals surface area contributed by atoms with Crippen molar-refractivity contribution in [2.45, 2.75) is 18.4 Å². The third-order valence-corrected chi connectivity index (χ3v) is 4.05. The average Bonchev–Trinajstić information content (AvgIpc) is 3.04. The standard InChI is InChI=1S/C15H20ClN5S/c1-2-17-15(19-11-13-7-8-20-21-13)18-9-10-22-14-5-3-12(16)4-6-14/h3-8H,2,9-11H2,1H3,(H,20,21)(H2,17,18,19). The van der Waals surface area contributed by atoms with Gasteiger partial charge in [-0.3, -0.25) is 5.10 Å². The summed E-state index contributed by atoms with van der Waals surface area (Å²) in [5.41, 5.74) is 0.993. The third-order valence-electron chi connectivity index (χ3n) is 2.79. The van der Waals surface area contributed by atoms with Crippen LogP contribution in [0.25, 0.3) is 0 Å². The number of aromatic nitrogens is 2. The van der Waals surface area contributed by atoms with E-state index in [9.17, 15) is 0 Å². The van der Waals surface area contributed by atoms with Crippen LogP contribution in [-0.2, 0) is 6.54 Å². The van der Waals surface area contributed by atoms with Crippen molar-refractivity contribution in [3.8, 4) is 0 Å². The van der Waals surface area contributed by atoms with Crippen molar-refractivity contribution >= 4 is 29.3 Å². The van der Waals surface area contributed by atoms with Gasteiger partial charge in [0.2, 0.25) is 0 Å². The highest BCUT2D eigenvalue weighted by molar-refractivity contribution is 7.99. The Bertz CT molecular complexity index is 568. The van der Waals surface area contributed by atoms with E-state index in [4.69, 9.17) is 11.6 Å². The molecule has 1 heterocycles. The van der Waals surface area contributed by atoms with Gasteiger partial charge in [0.1, 0.15) is 0 Å². The van der Waals surface area contributed by atoms with E-state index in [1.54, 1.807) is 18.0 Å². The second-order valence-corrected chi connectivity index (χ2v) is 6.11. The van der Waals surface area contributed by atoms with Crippen LogP contribution in [0.4, 0.5) is 0 Å². The van der Waals surface area contributed by atoms with E-state index in [1.807, 2.05) is 30.3 Å². The molecule has 2 aromatic rings. The van der Waals surface area contributed by atoms with Gasteiger partial charge in [-0.05, 0) is 37.3 Å². The van der Waals surface area contributed by atoms with Crippen LogP contribution >= 0.6 is 23.4 Å². The van der Waals surface area contributed by atoms with Crippen molar-refractivity contribution in [1.82, 2.24) is 20.8 Å². The predicted molar refractivity (Wildman–Crippen MR) is 93.6 cm³/mol. The van der Waals surface area contributed by atoms with Crippen molar-refractivity contribution in [2.24, 2.45) is 4.99 Å². The Kier molecular flexibility index (Phi) is 7.12. The van der Waals surface area contributed by atoms with E-state index in [0.717, 1.165) is 35.5 Å². The van der Waals surface area contributed by atoms with Gasteiger partial charge in [0.25, 0.3) is 0 Å². The zero-order valence-electron chi connectivity index (χ0n) is 12.5. The van der Waals surface area contributed by atoms with Gasteiger partial charge < -0.3 is 10.6 Å². The summed E-state index contributed by atoms with van der Waals surface area (Å²) in [5.74, 6) is 1.77. The summed E-state index contributed by atoms with van der Waals surface area (Å²) in [7, 11) is 0. The van der Waals surface area contributed by atoms with Gasteiger partial charge in [-0.25, -0.2) is 4.99 Å². The van der Waals surface area contributed by atoms with Crippen LogP contribution in [0.15, 0.2) is 46.4 Å². The van der Waals surface area contributed by atoms with Crippen molar-refractivity contribution in [2.75, 3.05) is 18.8 Å². The number of aromatic amines is 1. The Balaban J connectivity index is 1.74. The number of H-pyrrole nitrogens is 1. The molecule has 2 rings (SSSR count). The van der Waals surface area contributed by atoms with E-state index >= 15 is 0 Å². The maximum atomic E-state index is 5.87. The van der Waals surface area contributed by atoms with E-state index in [2.05, 4.69) is 32.7 Å². The minimum Gasteiger partial charge on any atom is -0.357 e. The smallest absolute Gasteiger partial charge is 0.191 e. The van der Waals surface area contributed by atoms with Gasteiger partial charge in [0, 0.05) is 35.0 Å². The first-order valence-corrected chi connectivity index (χ1v) is 8.53. The topological polar surface area (TPSA) is 65.1 Å². The lowest BCUT2D eigenvalue weighted by Gasteiger charge is -2.10. The van der Waals surface area contributed by atoms with Crippen LogP contribution in [0.1, 0.15) is 12.6 Å².